The van der Waals surface area contributed by atoms with E-state index in [1.807, 2.05) is 18.2 Å². The van der Waals surface area contributed by atoms with Crippen LogP contribution in [-0.4, -0.2) is 24.3 Å². The Hall–Kier alpha value is -1.71. The minimum Gasteiger partial charge on any atom is -0.494 e. The van der Waals surface area contributed by atoms with Gasteiger partial charge in [0, 0.05) is 0 Å². The Morgan fingerprint density at radius 2 is 1.85 bits per heavy atom. The Labute approximate surface area is 164 Å². The monoisotopic (exact) mass is 376 g/mol. The van der Waals surface area contributed by atoms with Crippen LogP contribution in [0.5, 0.6) is 11.5 Å². The maximum atomic E-state index is 11.5. The van der Waals surface area contributed by atoms with Crippen LogP contribution in [0, 0.1) is 5.92 Å². The van der Waals surface area contributed by atoms with Crippen molar-refractivity contribution in [3.63, 3.8) is 0 Å². The van der Waals surface area contributed by atoms with E-state index >= 15 is 0 Å². The number of hydrogen-bond acceptors (Lipinski definition) is 3. The number of carboxylic acids is 1. The Balaban J connectivity index is 1.62. The maximum Gasteiger partial charge on any atom is 0.306 e. The first-order chi connectivity index (χ1) is 13.2. The highest BCUT2D eigenvalue weighted by Crippen LogP contribution is 2.28. The van der Waals surface area contributed by atoms with Gasteiger partial charge in [-0.05, 0) is 49.4 Å². The number of hydrogen-bond donors (Lipinski definition) is 1. The van der Waals surface area contributed by atoms with Crippen LogP contribution in [0.3, 0.4) is 0 Å². The van der Waals surface area contributed by atoms with Crippen molar-refractivity contribution in [2.24, 2.45) is 5.92 Å². The molecule has 1 aromatic carbocycles. The van der Waals surface area contributed by atoms with Gasteiger partial charge in [-0.1, -0.05) is 58.3 Å². The van der Waals surface area contributed by atoms with Crippen molar-refractivity contribution in [2.75, 3.05) is 13.2 Å². The average molecular weight is 377 g/mol. The van der Waals surface area contributed by atoms with E-state index in [9.17, 15) is 9.90 Å². The highest BCUT2D eigenvalue weighted by atomic mass is 16.5. The van der Waals surface area contributed by atoms with Gasteiger partial charge in [0.05, 0.1) is 19.1 Å². The van der Waals surface area contributed by atoms with Crippen LogP contribution in [0.2, 0.25) is 0 Å². The number of carbonyl (C=O) groups is 1. The lowest BCUT2D eigenvalue weighted by molar-refractivity contribution is -0.142. The van der Waals surface area contributed by atoms with Crippen molar-refractivity contribution in [1.82, 2.24) is 0 Å². The number of fused-ring (bicyclic) bond motifs is 1. The second-order valence-corrected chi connectivity index (χ2v) is 7.66. The number of ether oxygens (including phenoxy) is 2. The molecule has 1 N–H and O–H groups in total. The molecule has 4 heteroatoms. The van der Waals surface area contributed by atoms with Gasteiger partial charge in [0.2, 0.25) is 0 Å². The average Bonchev–Trinajstić information content (AvgIpc) is 2.68. The van der Waals surface area contributed by atoms with Gasteiger partial charge in [-0.2, -0.15) is 0 Å². The summed E-state index contributed by atoms with van der Waals surface area (Å²) in [7, 11) is 0. The molecule has 0 saturated heterocycles. The molecule has 0 amide bonds. The predicted molar refractivity (Wildman–Crippen MR) is 109 cm³/mol. The molecular weight excluding hydrogens is 340 g/mol. The SMILES string of the molecule is CCCCCCCCCCC(CCOc1ccc2c(c1)CCCO2)C(=O)O. The van der Waals surface area contributed by atoms with E-state index in [0.29, 0.717) is 13.0 Å². The lowest BCUT2D eigenvalue weighted by Crippen LogP contribution is -2.17. The number of carboxylic acid groups (broad SMARTS) is 1. The quantitative estimate of drug-likeness (QED) is 0.404. The lowest BCUT2D eigenvalue weighted by Gasteiger charge is -2.18. The zero-order valence-corrected chi connectivity index (χ0v) is 16.9. The van der Waals surface area contributed by atoms with Crippen LogP contribution in [0.25, 0.3) is 0 Å². The molecular formula is C23H36O4. The zero-order valence-electron chi connectivity index (χ0n) is 16.9. The third kappa shape index (κ3) is 8.23. The number of rotatable bonds is 14. The predicted octanol–water partition coefficient (Wildman–Crippen LogP) is 6.01. The fourth-order valence-corrected chi connectivity index (χ4v) is 3.66. The summed E-state index contributed by atoms with van der Waals surface area (Å²) in [6.07, 6.45) is 13.3. The van der Waals surface area contributed by atoms with E-state index in [0.717, 1.165) is 50.2 Å². The molecule has 152 valence electrons. The molecule has 27 heavy (non-hydrogen) atoms. The molecule has 0 aliphatic carbocycles. The summed E-state index contributed by atoms with van der Waals surface area (Å²) < 4.78 is 11.4. The molecule has 1 unspecified atom stereocenters. The van der Waals surface area contributed by atoms with E-state index < -0.39 is 5.97 Å². The first kappa shape index (κ1) is 21.6. The van der Waals surface area contributed by atoms with E-state index in [1.165, 1.54) is 44.1 Å². The highest BCUT2D eigenvalue weighted by Gasteiger charge is 2.17. The molecule has 1 atom stereocenters. The number of aliphatic carboxylic acids is 1. The molecule has 0 bridgehead atoms. The van der Waals surface area contributed by atoms with Crippen molar-refractivity contribution < 1.29 is 19.4 Å². The molecule has 1 aliphatic heterocycles. The van der Waals surface area contributed by atoms with Crippen molar-refractivity contribution in [1.29, 1.82) is 0 Å². The molecule has 1 aliphatic rings. The lowest BCUT2D eigenvalue weighted by atomic mass is 9.97. The van der Waals surface area contributed by atoms with Gasteiger partial charge in [-0.3, -0.25) is 4.79 Å². The first-order valence-electron chi connectivity index (χ1n) is 10.8. The van der Waals surface area contributed by atoms with Crippen LogP contribution < -0.4 is 9.47 Å². The normalized spacial score (nSPS) is 14.3. The molecule has 0 spiro atoms. The smallest absolute Gasteiger partial charge is 0.306 e. The minimum absolute atomic E-state index is 0.300. The topological polar surface area (TPSA) is 55.8 Å². The fourth-order valence-electron chi connectivity index (χ4n) is 3.66. The molecule has 0 saturated carbocycles. The van der Waals surface area contributed by atoms with E-state index in [-0.39, 0.29) is 5.92 Å². The van der Waals surface area contributed by atoms with Gasteiger partial charge in [0.25, 0.3) is 0 Å². The Morgan fingerprint density at radius 3 is 2.59 bits per heavy atom. The second kappa shape index (κ2) is 12.6. The van der Waals surface area contributed by atoms with Crippen molar-refractivity contribution in [2.45, 2.75) is 84.0 Å². The van der Waals surface area contributed by atoms with Crippen molar-refractivity contribution >= 4 is 5.97 Å². The summed E-state index contributed by atoms with van der Waals surface area (Å²) >= 11 is 0. The van der Waals surface area contributed by atoms with Gasteiger partial charge in [0.1, 0.15) is 11.5 Å². The molecule has 1 aromatic rings. The second-order valence-electron chi connectivity index (χ2n) is 7.66. The summed E-state index contributed by atoms with van der Waals surface area (Å²) in [5, 5.41) is 9.46. The largest absolute Gasteiger partial charge is 0.494 e. The third-order valence-electron chi connectivity index (χ3n) is 5.37. The van der Waals surface area contributed by atoms with Crippen LogP contribution in [0.1, 0.15) is 83.1 Å². The third-order valence-corrected chi connectivity index (χ3v) is 5.37. The highest BCUT2D eigenvalue weighted by molar-refractivity contribution is 5.69. The van der Waals surface area contributed by atoms with E-state index in [4.69, 9.17) is 9.47 Å². The van der Waals surface area contributed by atoms with Gasteiger partial charge in [-0.15, -0.1) is 0 Å². The van der Waals surface area contributed by atoms with Crippen molar-refractivity contribution in [3.05, 3.63) is 23.8 Å². The molecule has 4 nitrogen and oxygen atoms in total. The number of aryl methyl sites for hydroxylation is 1. The zero-order chi connectivity index (χ0) is 19.3. The fraction of sp³-hybridized carbons (Fsp3) is 0.696. The molecule has 2 rings (SSSR count). The van der Waals surface area contributed by atoms with Gasteiger partial charge in [0.15, 0.2) is 0 Å². The van der Waals surface area contributed by atoms with Gasteiger partial charge >= 0.3 is 5.97 Å². The van der Waals surface area contributed by atoms with E-state index in [2.05, 4.69) is 6.92 Å². The Kier molecular flexibility index (Phi) is 10.1. The van der Waals surface area contributed by atoms with Crippen LogP contribution in [-0.2, 0) is 11.2 Å². The molecule has 0 aromatic heterocycles. The standard InChI is InChI=1S/C23H36O4/c1-2-3-4-5-6-7-8-9-11-19(23(24)25)15-17-26-21-13-14-22-20(18-21)12-10-16-27-22/h13-14,18-19H,2-12,15-17H2,1H3,(H,24,25). The molecule has 0 radical (unpaired) electrons. The number of benzene rings is 1. The summed E-state index contributed by atoms with van der Waals surface area (Å²) in [5.41, 5.74) is 1.19. The van der Waals surface area contributed by atoms with Gasteiger partial charge in [-0.25, -0.2) is 0 Å². The summed E-state index contributed by atoms with van der Waals surface area (Å²) in [6.45, 7) is 3.47. The Morgan fingerprint density at radius 1 is 1.11 bits per heavy atom. The summed E-state index contributed by atoms with van der Waals surface area (Å²) in [4.78, 5) is 11.5. The van der Waals surface area contributed by atoms with Crippen LogP contribution >= 0.6 is 0 Å². The van der Waals surface area contributed by atoms with Crippen LogP contribution in [0.15, 0.2) is 18.2 Å². The number of unbranched alkanes of at least 4 members (excludes halogenated alkanes) is 7. The summed E-state index contributed by atoms with van der Waals surface area (Å²) in [6, 6.07) is 5.90. The minimum atomic E-state index is -0.694. The Bertz CT molecular complexity index is 555. The summed E-state index contributed by atoms with van der Waals surface area (Å²) in [5.74, 6) is 0.772. The first-order valence-corrected chi connectivity index (χ1v) is 10.8. The van der Waals surface area contributed by atoms with E-state index in [1.54, 1.807) is 0 Å². The van der Waals surface area contributed by atoms with Crippen LogP contribution in [0.4, 0.5) is 0 Å². The molecule has 0 fully saturated rings. The maximum absolute atomic E-state index is 11.5. The van der Waals surface area contributed by atoms with Crippen molar-refractivity contribution in [3.8, 4) is 11.5 Å². The molecule has 1 heterocycles. The van der Waals surface area contributed by atoms with Gasteiger partial charge < -0.3 is 14.6 Å².